The Hall–Kier alpha value is -6.26. The fraction of sp³-hybridized carbons (Fsp3) is 0.0250. The van der Waals surface area contributed by atoms with E-state index in [4.69, 9.17) is 0 Å². The first-order chi connectivity index (χ1) is 22.5. The van der Waals surface area contributed by atoms with Crippen LogP contribution in [0.3, 0.4) is 0 Å². The molecule has 46 heavy (non-hydrogen) atoms. The van der Waals surface area contributed by atoms with Crippen molar-refractivity contribution in [3.63, 3.8) is 0 Å². The Morgan fingerprint density at radius 1 is 0.565 bits per heavy atom. The molecule has 6 aromatic carbocycles. The second-order valence-electron chi connectivity index (χ2n) is 11.0. The average molecular weight is 608 g/mol. The number of carbonyl (C=O) groups excluding carboxylic acids is 2. The van der Waals surface area contributed by atoms with Gasteiger partial charge in [-0.05, 0) is 112 Å². The zero-order valence-electron chi connectivity index (χ0n) is 24.5. The zero-order chi connectivity index (χ0) is 31.9. The fourth-order valence-corrected chi connectivity index (χ4v) is 7.62. The van der Waals surface area contributed by atoms with E-state index in [9.17, 15) is 25.4 Å². The summed E-state index contributed by atoms with van der Waals surface area (Å²) >= 11 is 1.60. The molecule has 5 nitrogen and oxygen atoms in total. The van der Waals surface area contributed by atoms with Crippen molar-refractivity contribution < 1.29 is 9.59 Å². The van der Waals surface area contributed by atoms with E-state index in [0.717, 1.165) is 77.8 Å². The molecule has 0 amide bonds. The first kappa shape index (κ1) is 28.5. The maximum Gasteiger partial charge on any atom is 0.150 e. The Morgan fingerprint density at radius 3 is 1.65 bits per heavy atom. The minimum Gasteiger partial charge on any atom is -0.298 e. The highest BCUT2D eigenvalue weighted by Gasteiger charge is 2.30. The number of hydrogen-bond acceptors (Lipinski definition) is 6. The Balaban J connectivity index is 1.64. The maximum absolute atomic E-state index is 12.9. The molecule has 214 valence electrons. The molecular weight excluding hydrogens is 587 g/mol. The van der Waals surface area contributed by atoms with Crippen LogP contribution in [0.1, 0.15) is 43.0 Å². The monoisotopic (exact) mass is 607 g/mol. The van der Waals surface area contributed by atoms with Crippen LogP contribution in [0.25, 0.3) is 55.3 Å². The summed E-state index contributed by atoms with van der Waals surface area (Å²) < 4.78 is 0. The van der Waals surface area contributed by atoms with E-state index >= 15 is 0 Å². The van der Waals surface area contributed by atoms with Gasteiger partial charge in [-0.15, -0.1) is 0 Å². The Labute approximate surface area is 269 Å². The lowest BCUT2D eigenvalue weighted by Gasteiger charge is -2.29. The minimum absolute atomic E-state index is 0.406. The molecule has 0 atom stereocenters. The van der Waals surface area contributed by atoms with Crippen molar-refractivity contribution in [3.8, 4) is 62.7 Å². The van der Waals surface area contributed by atoms with Crippen molar-refractivity contribution in [2.75, 3.05) is 0 Å². The van der Waals surface area contributed by atoms with Gasteiger partial charge in [0, 0.05) is 31.7 Å². The Kier molecular flexibility index (Phi) is 7.03. The van der Waals surface area contributed by atoms with Crippen molar-refractivity contribution in [1.82, 2.24) is 0 Å². The molecule has 0 saturated carbocycles. The van der Waals surface area contributed by atoms with E-state index in [0.29, 0.717) is 33.2 Å². The first-order valence-corrected chi connectivity index (χ1v) is 15.2. The largest absolute Gasteiger partial charge is 0.298 e. The van der Waals surface area contributed by atoms with Gasteiger partial charge >= 0.3 is 0 Å². The second kappa shape index (κ2) is 11.3. The second-order valence-corrected chi connectivity index (χ2v) is 12.0. The van der Waals surface area contributed by atoms with Crippen LogP contribution < -0.4 is 0 Å². The van der Waals surface area contributed by atoms with Crippen molar-refractivity contribution in [1.29, 1.82) is 15.8 Å². The quantitative estimate of drug-likeness (QED) is 0.180. The predicted molar refractivity (Wildman–Crippen MR) is 179 cm³/mol. The van der Waals surface area contributed by atoms with Gasteiger partial charge in [0.25, 0.3) is 0 Å². The summed E-state index contributed by atoms with van der Waals surface area (Å²) in [5, 5.41) is 29.6. The van der Waals surface area contributed by atoms with Gasteiger partial charge in [0.2, 0.25) is 0 Å². The minimum atomic E-state index is 0.406. The molecule has 0 N–H and O–H groups in total. The lowest BCUT2D eigenvalue weighted by Crippen LogP contribution is -2.05. The van der Waals surface area contributed by atoms with Crippen LogP contribution >= 0.6 is 11.8 Å². The van der Waals surface area contributed by atoms with Crippen LogP contribution in [0.5, 0.6) is 0 Å². The van der Waals surface area contributed by atoms with E-state index < -0.39 is 0 Å². The molecule has 1 aliphatic rings. The van der Waals surface area contributed by atoms with Gasteiger partial charge < -0.3 is 0 Å². The predicted octanol–water partition coefficient (Wildman–Crippen LogP) is 9.52. The highest BCUT2D eigenvalue weighted by molar-refractivity contribution is 8.00. The molecule has 0 bridgehead atoms. The van der Waals surface area contributed by atoms with Crippen molar-refractivity contribution in [2.45, 2.75) is 16.7 Å². The number of nitriles is 3. The van der Waals surface area contributed by atoms with Gasteiger partial charge in [0.05, 0.1) is 34.9 Å². The molecule has 0 aliphatic carbocycles. The van der Waals surface area contributed by atoms with Gasteiger partial charge in [-0.2, -0.15) is 15.8 Å². The van der Waals surface area contributed by atoms with Crippen molar-refractivity contribution in [2.24, 2.45) is 0 Å². The standard InChI is InChI=1S/C40H21N3O2S/c1-23-34(22-45)37-31(21-44)17-32(28-10-4-25(19-42)5-11-28)38-33-16-30(27-8-2-24(18-41)3-9-27)14-15-35(33)46-40(39(37)38)36(23)29-12-6-26(20-43)7-13-29/h2-17,21-22H,1H3. The fourth-order valence-electron chi connectivity index (χ4n) is 6.31. The van der Waals surface area contributed by atoms with Crippen LogP contribution in [0.2, 0.25) is 0 Å². The zero-order valence-corrected chi connectivity index (χ0v) is 25.3. The molecule has 0 radical (unpaired) electrons. The molecule has 1 aliphatic heterocycles. The number of nitrogens with zero attached hydrogens (tertiary/aromatic N) is 3. The SMILES string of the molecule is Cc1c(-c2ccc(C#N)cc2)c2c3c(c(-c4ccc(C#N)cc4)cc(C=O)c3c1C=O)-c1cc(-c3ccc(C#N)cc3)ccc1S2. The molecule has 0 spiro atoms. The van der Waals surface area contributed by atoms with E-state index in [-0.39, 0.29) is 0 Å². The molecule has 7 rings (SSSR count). The third kappa shape index (κ3) is 4.47. The molecule has 6 heteroatoms. The molecule has 1 heterocycles. The molecule has 0 fully saturated rings. The van der Waals surface area contributed by atoms with E-state index in [2.05, 4.69) is 36.4 Å². The molecular formula is C40H21N3O2S. The lowest BCUT2D eigenvalue weighted by molar-refractivity contribution is 0.112. The summed E-state index contributed by atoms with van der Waals surface area (Å²) in [4.78, 5) is 27.6. The van der Waals surface area contributed by atoms with Gasteiger partial charge in [0.1, 0.15) is 0 Å². The van der Waals surface area contributed by atoms with Crippen LogP contribution in [0.4, 0.5) is 0 Å². The van der Waals surface area contributed by atoms with Crippen LogP contribution in [-0.4, -0.2) is 12.6 Å². The van der Waals surface area contributed by atoms with E-state index in [1.165, 1.54) is 0 Å². The summed E-state index contributed by atoms with van der Waals surface area (Å²) in [7, 11) is 0. The summed E-state index contributed by atoms with van der Waals surface area (Å²) in [6, 6.07) is 36.7. The number of hydrogen-bond donors (Lipinski definition) is 0. The topological polar surface area (TPSA) is 106 Å². The first-order valence-electron chi connectivity index (χ1n) is 14.4. The number of carbonyl (C=O) groups is 2. The van der Waals surface area contributed by atoms with Crippen LogP contribution in [0.15, 0.2) is 107 Å². The summed E-state index contributed by atoms with van der Waals surface area (Å²) in [5.74, 6) is 0. The van der Waals surface area contributed by atoms with Gasteiger partial charge in [-0.1, -0.05) is 54.2 Å². The summed E-state index contributed by atoms with van der Waals surface area (Å²) in [5.41, 5.74) is 10.4. The van der Waals surface area contributed by atoms with E-state index in [1.54, 1.807) is 48.2 Å². The Morgan fingerprint density at radius 2 is 1.11 bits per heavy atom. The Bertz CT molecular complexity index is 2390. The highest BCUT2D eigenvalue weighted by atomic mass is 32.2. The van der Waals surface area contributed by atoms with Gasteiger partial charge in [0.15, 0.2) is 12.6 Å². The third-order valence-corrected chi connectivity index (χ3v) is 9.73. The number of benzene rings is 6. The average Bonchev–Trinajstić information content (AvgIpc) is 3.11. The lowest BCUT2D eigenvalue weighted by atomic mass is 9.81. The smallest absolute Gasteiger partial charge is 0.150 e. The van der Waals surface area contributed by atoms with Crippen molar-refractivity contribution in [3.05, 3.63) is 130 Å². The molecule has 0 aromatic heterocycles. The summed E-state index contributed by atoms with van der Waals surface area (Å²) in [6.45, 7) is 1.90. The summed E-state index contributed by atoms with van der Waals surface area (Å²) in [6.07, 6.45) is 1.63. The van der Waals surface area contributed by atoms with Crippen LogP contribution in [0, 0.1) is 40.9 Å². The molecule has 0 unspecified atom stereocenters. The van der Waals surface area contributed by atoms with Crippen LogP contribution in [-0.2, 0) is 0 Å². The van der Waals surface area contributed by atoms with Crippen molar-refractivity contribution >= 4 is 35.1 Å². The molecule has 6 aromatic rings. The maximum atomic E-state index is 12.9. The van der Waals surface area contributed by atoms with E-state index in [1.807, 2.05) is 49.4 Å². The normalized spacial score (nSPS) is 11.2. The van der Waals surface area contributed by atoms with Gasteiger partial charge in [-0.25, -0.2) is 0 Å². The highest BCUT2D eigenvalue weighted by Crippen LogP contribution is 2.56. The molecule has 0 saturated heterocycles. The number of rotatable bonds is 5. The number of fused-ring (bicyclic) bond motifs is 2. The number of aldehydes is 2. The third-order valence-electron chi connectivity index (χ3n) is 8.54. The van der Waals surface area contributed by atoms with Gasteiger partial charge in [-0.3, -0.25) is 9.59 Å².